The molecule has 1 aromatic carbocycles. The lowest BCUT2D eigenvalue weighted by Gasteiger charge is -2.25. The van der Waals surface area contributed by atoms with Crippen LogP contribution in [-0.4, -0.2) is 32.8 Å². The third-order valence-electron chi connectivity index (χ3n) is 7.76. The highest BCUT2D eigenvalue weighted by Crippen LogP contribution is 2.45. The standard InChI is InChI=1S/C27H41ClO4/c28-23-18-25(30)27(22(23)10-6-1-2-7-11-26(31)32)21-15-13-20(14-16-21)24(29)17-12-19-8-4-3-5-9-19/h13-16,19,22-25,27,29-30H,1-12,17-18H2,(H,31,32)/t22-,23-,24?,25+,27+/m0/s1. The number of hydrogen-bond donors (Lipinski definition) is 3. The minimum atomic E-state index is -0.729. The predicted octanol–water partition coefficient (Wildman–Crippen LogP) is 6.58. The number of unbranched alkanes of at least 4 members (excludes halogenated alkanes) is 3. The molecule has 1 unspecified atom stereocenters. The zero-order valence-electron chi connectivity index (χ0n) is 19.3. The predicted molar refractivity (Wildman–Crippen MR) is 129 cm³/mol. The average Bonchev–Trinajstić information content (AvgIpc) is 3.07. The van der Waals surface area contributed by atoms with E-state index in [9.17, 15) is 15.0 Å². The number of hydrogen-bond acceptors (Lipinski definition) is 3. The van der Waals surface area contributed by atoms with Gasteiger partial charge in [0.15, 0.2) is 0 Å². The molecular weight excluding hydrogens is 424 g/mol. The van der Waals surface area contributed by atoms with Gasteiger partial charge >= 0.3 is 5.97 Å². The molecule has 5 heteroatoms. The summed E-state index contributed by atoms with van der Waals surface area (Å²) in [5.41, 5.74) is 2.08. The van der Waals surface area contributed by atoms with E-state index in [1.54, 1.807) is 0 Å². The number of carboxylic acid groups (broad SMARTS) is 1. The first-order valence-corrected chi connectivity index (χ1v) is 13.2. The van der Waals surface area contributed by atoms with Crippen LogP contribution in [0.1, 0.15) is 113 Å². The zero-order valence-corrected chi connectivity index (χ0v) is 20.1. The second kappa shape index (κ2) is 13.0. The van der Waals surface area contributed by atoms with Crippen LogP contribution in [0.15, 0.2) is 24.3 Å². The van der Waals surface area contributed by atoms with Crippen molar-refractivity contribution in [2.45, 2.75) is 113 Å². The van der Waals surface area contributed by atoms with E-state index in [4.69, 9.17) is 16.7 Å². The maximum atomic E-state index is 10.7. The number of carboxylic acids is 1. The lowest BCUT2D eigenvalue weighted by atomic mass is 9.83. The van der Waals surface area contributed by atoms with Crippen molar-refractivity contribution in [1.82, 2.24) is 0 Å². The van der Waals surface area contributed by atoms with Gasteiger partial charge in [-0.05, 0) is 55.1 Å². The van der Waals surface area contributed by atoms with Crippen LogP contribution < -0.4 is 0 Å². The van der Waals surface area contributed by atoms with Gasteiger partial charge in [-0.2, -0.15) is 0 Å². The van der Waals surface area contributed by atoms with Crippen molar-refractivity contribution in [2.24, 2.45) is 11.8 Å². The minimum absolute atomic E-state index is 0.0324. The van der Waals surface area contributed by atoms with Gasteiger partial charge in [0.25, 0.3) is 0 Å². The Morgan fingerprint density at radius 2 is 1.69 bits per heavy atom. The van der Waals surface area contributed by atoms with Crippen molar-refractivity contribution in [3.8, 4) is 0 Å². The molecule has 0 bridgehead atoms. The van der Waals surface area contributed by atoms with E-state index >= 15 is 0 Å². The maximum Gasteiger partial charge on any atom is 0.303 e. The lowest BCUT2D eigenvalue weighted by molar-refractivity contribution is -0.137. The summed E-state index contributed by atoms with van der Waals surface area (Å²) in [4.78, 5) is 10.6. The molecule has 180 valence electrons. The van der Waals surface area contributed by atoms with Crippen LogP contribution in [0.4, 0.5) is 0 Å². The second-order valence-electron chi connectivity index (χ2n) is 10.1. The highest BCUT2D eigenvalue weighted by Gasteiger charge is 2.41. The molecule has 4 nitrogen and oxygen atoms in total. The Bertz CT molecular complexity index is 685. The molecule has 3 N–H and O–H groups in total. The van der Waals surface area contributed by atoms with Crippen molar-refractivity contribution in [2.75, 3.05) is 0 Å². The highest BCUT2D eigenvalue weighted by molar-refractivity contribution is 6.21. The van der Waals surface area contributed by atoms with Gasteiger partial charge in [-0.3, -0.25) is 4.79 Å². The minimum Gasteiger partial charge on any atom is -0.481 e. The monoisotopic (exact) mass is 464 g/mol. The van der Waals surface area contributed by atoms with E-state index in [1.807, 2.05) is 12.1 Å². The molecule has 1 aromatic rings. The SMILES string of the molecule is O=C(O)CCCCCC[C@@H]1[C@@H](c2ccc(C(O)CCC3CCCCC3)cc2)[C@H](O)C[C@@H]1Cl. The van der Waals surface area contributed by atoms with Gasteiger partial charge in [0.05, 0.1) is 12.2 Å². The Balaban J connectivity index is 1.50. The van der Waals surface area contributed by atoms with Gasteiger partial charge < -0.3 is 15.3 Å². The van der Waals surface area contributed by atoms with E-state index in [0.29, 0.717) is 6.42 Å². The quantitative estimate of drug-likeness (QED) is 0.241. The van der Waals surface area contributed by atoms with Gasteiger partial charge in [-0.1, -0.05) is 75.6 Å². The van der Waals surface area contributed by atoms with Crippen molar-refractivity contribution >= 4 is 17.6 Å². The third-order valence-corrected chi connectivity index (χ3v) is 8.27. The average molecular weight is 465 g/mol. The van der Waals surface area contributed by atoms with Gasteiger partial charge in [0.1, 0.15) is 0 Å². The summed E-state index contributed by atoms with van der Waals surface area (Å²) in [7, 11) is 0. The van der Waals surface area contributed by atoms with Crippen LogP contribution in [0.3, 0.4) is 0 Å². The third kappa shape index (κ3) is 7.46. The Labute approximate surface area is 198 Å². The highest BCUT2D eigenvalue weighted by atomic mass is 35.5. The van der Waals surface area contributed by atoms with E-state index in [0.717, 1.165) is 62.0 Å². The maximum absolute atomic E-state index is 10.7. The van der Waals surface area contributed by atoms with Crippen LogP contribution in [0.25, 0.3) is 0 Å². The largest absolute Gasteiger partial charge is 0.481 e. The normalized spacial score (nSPS) is 27.5. The van der Waals surface area contributed by atoms with E-state index in [-0.39, 0.29) is 23.6 Å². The number of benzene rings is 1. The Morgan fingerprint density at radius 1 is 1.00 bits per heavy atom. The number of alkyl halides is 1. The van der Waals surface area contributed by atoms with Crippen LogP contribution in [-0.2, 0) is 4.79 Å². The van der Waals surface area contributed by atoms with Crippen molar-refractivity contribution in [3.63, 3.8) is 0 Å². The number of aliphatic hydroxyl groups is 2. The first-order chi connectivity index (χ1) is 15.5. The molecule has 2 aliphatic rings. The molecule has 0 spiro atoms. The van der Waals surface area contributed by atoms with Gasteiger partial charge in [0, 0.05) is 17.7 Å². The number of aliphatic hydroxyl groups excluding tert-OH is 2. The number of carbonyl (C=O) groups is 1. The van der Waals surface area contributed by atoms with Crippen molar-refractivity contribution in [3.05, 3.63) is 35.4 Å². The molecular formula is C27H41ClO4. The lowest BCUT2D eigenvalue weighted by Crippen LogP contribution is -2.19. The first-order valence-electron chi connectivity index (χ1n) is 12.8. The van der Waals surface area contributed by atoms with Crippen molar-refractivity contribution in [1.29, 1.82) is 0 Å². The molecule has 2 aliphatic carbocycles. The van der Waals surface area contributed by atoms with Crippen LogP contribution in [0.5, 0.6) is 0 Å². The van der Waals surface area contributed by atoms with Crippen LogP contribution in [0, 0.1) is 11.8 Å². The fourth-order valence-electron chi connectivity index (χ4n) is 5.88. The summed E-state index contributed by atoms with van der Waals surface area (Å²) in [6.45, 7) is 0. The molecule has 0 radical (unpaired) electrons. The molecule has 32 heavy (non-hydrogen) atoms. The second-order valence-corrected chi connectivity index (χ2v) is 10.7. The van der Waals surface area contributed by atoms with E-state index in [2.05, 4.69) is 12.1 Å². The fourth-order valence-corrected chi connectivity index (χ4v) is 6.34. The number of aliphatic carboxylic acids is 1. The number of rotatable bonds is 12. The summed E-state index contributed by atoms with van der Waals surface area (Å²) >= 11 is 6.62. The summed E-state index contributed by atoms with van der Waals surface area (Å²) in [5, 5.41) is 30.1. The number of halogens is 1. The summed E-state index contributed by atoms with van der Waals surface area (Å²) < 4.78 is 0. The molecule has 2 saturated carbocycles. The molecule has 5 atom stereocenters. The molecule has 0 aromatic heterocycles. The van der Waals surface area contributed by atoms with Gasteiger partial charge in [0.2, 0.25) is 0 Å². The van der Waals surface area contributed by atoms with Crippen LogP contribution in [0.2, 0.25) is 0 Å². The van der Waals surface area contributed by atoms with E-state index < -0.39 is 18.2 Å². The Morgan fingerprint density at radius 3 is 2.38 bits per heavy atom. The van der Waals surface area contributed by atoms with Crippen LogP contribution >= 0.6 is 11.6 Å². The molecule has 2 fully saturated rings. The summed E-state index contributed by atoms with van der Waals surface area (Å²) in [6, 6.07) is 8.19. The van der Waals surface area contributed by atoms with E-state index in [1.165, 1.54) is 32.1 Å². The summed E-state index contributed by atoms with van der Waals surface area (Å²) in [6.07, 6.45) is 13.2. The molecule has 0 saturated heterocycles. The van der Waals surface area contributed by atoms with Gasteiger partial charge in [-0.15, -0.1) is 11.6 Å². The first kappa shape index (κ1) is 25.5. The molecule has 0 amide bonds. The Hall–Kier alpha value is -1.10. The smallest absolute Gasteiger partial charge is 0.303 e. The zero-order chi connectivity index (χ0) is 22.9. The summed E-state index contributed by atoms with van der Waals surface area (Å²) in [5.74, 6) is 0.308. The Kier molecular flexibility index (Phi) is 10.3. The van der Waals surface area contributed by atoms with Crippen molar-refractivity contribution < 1.29 is 20.1 Å². The fraction of sp³-hybridized carbons (Fsp3) is 0.741. The van der Waals surface area contributed by atoms with Gasteiger partial charge in [-0.25, -0.2) is 0 Å². The topological polar surface area (TPSA) is 77.8 Å². The molecule has 0 aliphatic heterocycles. The molecule has 3 rings (SSSR count). The molecule has 0 heterocycles.